The van der Waals surface area contributed by atoms with Crippen molar-refractivity contribution >= 4 is 23.5 Å². The number of carbonyl (C=O) groups excluding carboxylic acids is 1. The molecule has 0 radical (unpaired) electrons. The Labute approximate surface area is 211 Å². The van der Waals surface area contributed by atoms with Crippen LogP contribution in [0.3, 0.4) is 0 Å². The van der Waals surface area contributed by atoms with Gasteiger partial charge in [0.25, 0.3) is 5.91 Å². The van der Waals surface area contributed by atoms with Crippen molar-refractivity contribution in [2.45, 2.75) is 39.7 Å². The number of hydrogen-bond acceptors (Lipinski definition) is 9. The van der Waals surface area contributed by atoms with Gasteiger partial charge < -0.3 is 14.6 Å². The number of likely N-dealkylation sites (N-methyl/N-ethyl adjacent to an activating group) is 1. The van der Waals surface area contributed by atoms with E-state index in [9.17, 15) is 4.79 Å². The number of nitrogens with one attached hydrogen (secondary N) is 1. The van der Waals surface area contributed by atoms with Crippen LogP contribution in [0, 0.1) is 6.92 Å². The number of pyridine rings is 1. The summed E-state index contributed by atoms with van der Waals surface area (Å²) in [5.41, 5.74) is 4.43. The monoisotopic (exact) mass is 490 g/mol. The minimum atomic E-state index is -0.303. The van der Waals surface area contributed by atoms with Crippen molar-refractivity contribution in [1.29, 1.82) is 0 Å². The van der Waals surface area contributed by atoms with Gasteiger partial charge in [-0.3, -0.25) is 19.7 Å². The van der Waals surface area contributed by atoms with E-state index in [2.05, 4.69) is 48.6 Å². The number of rotatable bonds is 6. The molecule has 1 fully saturated rings. The molecule has 0 bridgehead atoms. The minimum Gasteiger partial charge on any atom is -0.456 e. The summed E-state index contributed by atoms with van der Waals surface area (Å²) in [6.07, 6.45) is 5.43. The third-order valence-electron chi connectivity index (χ3n) is 7.15. The zero-order valence-corrected chi connectivity index (χ0v) is 21.3. The second-order valence-electron chi connectivity index (χ2n) is 9.43. The second-order valence-corrected chi connectivity index (χ2v) is 9.43. The van der Waals surface area contributed by atoms with Gasteiger partial charge in [0.15, 0.2) is 5.76 Å². The van der Waals surface area contributed by atoms with Crippen molar-refractivity contribution in [3.8, 4) is 0 Å². The molecular formula is C26H34N8O2. The summed E-state index contributed by atoms with van der Waals surface area (Å²) in [5, 5.41) is 13.7. The quantitative estimate of drug-likeness (QED) is 0.662. The molecule has 3 aliphatic rings. The maximum atomic E-state index is 12.6. The summed E-state index contributed by atoms with van der Waals surface area (Å²) in [4.78, 5) is 26.8. The summed E-state index contributed by atoms with van der Waals surface area (Å²) < 4.78 is 5.57. The highest BCUT2D eigenvalue weighted by Crippen LogP contribution is 2.30. The fourth-order valence-corrected chi connectivity index (χ4v) is 4.86. The van der Waals surface area contributed by atoms with Gasteiger partial charge in [0.05, 0.1) is 42.1 Å². The molecule has 190 valence electrons. The Balaban J connectivity index is 1.25. The number of hydrogen-bond donors (Lipinski definition) is 1. The highest BCUT2D eigenvalue weighted by Gasteiger charge is 2.28. The Morgan fingerprint density at radius 2 is 2.03 bits per heavy atom. The van der Waals surface area contributed by atoms with Gasteiger partial charge in [0, 0.05) is 44.9 Å². The summed E-state index contributed by atoms with van der Waals surface area (Å²) >= 11 is 0. The molecule has 0 aromatic carbocycles. The fraction of sp³-hybridized carbons (Fsp3) is 0.500. The molecule has 0 spiro atoms. The van der Waals surface area contributed by atoms with Crippen molar-refractivity contribution in [2.75, 3.05) is 56.1 Å². The van der Waals surface area contributed by atoms with Crippen molar-refractivity contribution < 1.29 is 9.21 Å². The third-order valence-corrected chi connectivity index (χ3v) is 7.15. The first-order chi connectivity index (χ1) is 17.5. The van der Waals surface area contributed by atoms with E-state index in [1.54, 1.807) is 12.3 Å². The summed E-state index contributed by atoms with van der Waals surface area (Å²) in [6, 6.07) is 5.71. The average Bonchev–Trinajstić information content (AvgIpc) is 3.60. The van der Waals surface area contributed by atoms with Crippen LogP contribution in [0.4, 0.5) is 11.4 Å². The second kappa shape index (κ2) is 10.7. The lowest BCUT2D eigenvalue weighted by molar-refractivity contribution is 0.0995. The first kappa shape index (κ1) is 24.3. The number of anilines is 2. The average molecular weight is 491 g/mol. The van der Waals surface area contributed by atoms with Crippen LogP contribution in [-0.2, 0) is 6.42 Å². The summed E-state index contributed by atoms with van der Waals surface area (Å²) in [7, 11) is 0. The maximum absolute atomic E-state index is 12.6. The van der Waals surface area contributed by atoms with Gasteiger partial charge in [-0.1, -0.05) is 19.1 Å². The van der Waals surface area contributed by atoms with Crippen molar-refractivity contribution in [1.82, 2.24) is 14.8 Å². The molecule has 1 atom stereocenters. The number of aryl methyl sites for hydroxylation is 2. The zero-order chi connectivity index (χ0) is 25.1. The number of nitrogens with zero attached hydrogens (tertiary/aromatic N) is 7. The van der Waals surface area contributed by atoms with Crippen LogP contribution in [0.1, 0.15) is 42.3 Å². The summed E-state index contributed by atoms with van der Waals surface area (Å²) in [6.45, 7) is 12.8. The molecule has 2 aromatic rings. The third kappa shape index (κ3) is 5.24. The molecule has 0 saturated carbocycles. The molecule has 10 heteroatoms. The maximum Gasteiger partial charge on any atom is 0.291 e. The van der Waals surface area contributed by atoms with Gasteiger partial charge >= 0.3 is 0 Å². The molecule has 5 rings (SSSR count). The van der Waals surface area contributed by atoms with E-state index < -0.39 is 0 Å². The molecule has 1 unspecified atom stereocenters. The molecule has 5 heterocycles. The Morgan fingerprint density at radius 3 is 2.78 bits per heavy atom. The van der Waals surface area contributed by atoms with Gasteiger partial charge in [0.1, 0.15) is 5.76 Å². The Kier molecular flexibility index (Phi) is 7.24. The highest BCUT2D eigenvalue weighted by atomic mass is 16.3. The van der Waals surface area contributed by atoms with Crippen LogP contribution < -0.4 is 10.3 Å². The number of amides is 1. The number of carbonyl (C=O) groups is 1. The van der Waals surface area contributed by atoms with Gasteiger partial charge in [-0.25, -0.2) is 5.01 Å². The Bertz CT molecular complexity index is 1190. The fourth-order valence-electron chi connectivity index (χ4n) is 4.86. The smallest absolute Gasteiger partial charge is 0.291 e. The van der Waals surface area contributed by atoms with E-state index >= 15 is 0 Å². The van der Waals surface area contributed by atoms with Crippen LogP contribution in [0.5, 0.6) is 0 Å². The molecule has 10 nitrogen and oxygen atoms in total. The van der Waals surface area contributed by atoms with E-state index in [0.717, 1.165) is 68.4 Å². The molecule has 1 amide bonds. The van der Waals surface area contributed by atoms with Crippen molar-refractivity contribution in [3.63, 3.8) is 0 Å². The number of furan rings is 1. The predicted molar refractivity (Wildman–Crippen MR) is 140 cm³/mol. The lowest BCUT2D eigenvalue weighted by atomic mass is 10.00. The number of piperazine rings is 1. The topological polar surface area (TPSA) is 102 Å². The van der Waals surface area contributed by atoms with Crippen LogP contribution in [0.15, 0.2) is 55.4 Å². The Hall–Kier alpha value is -3.37. The molecule has 1 N–H and O–H groups in total. The Morgan fingerprint density at radius 1 is 1.19 bits per heavy atom. The normalized spacial score (nSPS) is 23.0. The van der Waals surface area contributed by atoms with E-state index in [0.29, 0.717) is 24.8 Å². The molecule has 0 aliphatic carbocycles. The molecule has 2 aromatic heterocycles. The van der Waals surface area contributed by atoms with E-state index in [1.807, 2.05) is 31.0 Å². The number of aliphatic imine (C=N–C) groups is 1. The summed E-state index contributed by atoms with van der Waals surface area (Å²) in [5.74, 6) is 0.756. The molecule has 3 aliphatic heterocycles. The van der Waals surface area contributed by atoms with Crippen LogP contribution in [-0.4, -0.2) is 78.8 Å². The van der Waals surface area contributed by atoms with E-state index in [-0.39, 0.29) is 11.7 Å². The van der Waals surface area contributed by atoms with E-state index in [1.165, 1.54) is 5.57 Å². The van der Waals surface area contributed by atoms with Crippen molar-refractivity contribution in [3.05, 3.63) is 52.9 Å². The largest absolute Gasteiger partial charge is 0.456 e. The predicted octanol–water partition coefficient (Wildman–Crippen LogP) is 3.72. The van der Waals surface area contributed by atoms with Gasteiger partial charge in [-0.15, -0.1) is 5.11 Å². The molecule has 36 heavy (non-hydrogen) atoms. The lowest BCUT2D eigenvalue weighted by Gasteiger charge is -2.38. The first-order valence-corrected chi connectivity index (χ1v) is 12.8. The standard InChI is InChI=1S/C26H34N8O2/c1-4-22-6-7-25(36-22)26(35)29-20-13-24(18(3)28-15-20)34-17-23(30-31-34)19-12-21(16-27-14-19)33-10-8-32(5-2)9-11-33/h6-7,13,15-16,21H,4-5,8-12,14,17H2,1-3H3,(H,29,35)/b23-19-. The molecular weight excluding hydrogens is 456 g/mol. The minimum absolute atomic E-state index is 0.283. The van der Waals surface area contributed by atoms with Crippen LogP contribution in [0.2, 0.25) is 0 Å². The lowest BCUT2D eigenvalue weighted by Crippen LogP contribution is -2.51. The van der Waals surface area contributed by atoms with Crippen LogP contribution >= 0.6 is 0 Å². The van der Waals surface area contributed by atoms with Crippen LogP contribution in [0.25, 0.3) is 0 Å². The van der Waals surface area contributed by atoms with Gasteiger partial charge in [-0.2, -0.15) is 0 Å². The zero-order valence-electron chi connectivity index (χ0n) is 21.3. The number of aromatic nitrogens is 1. The van der Waals surface area contributed by atoms with Gasteiger partial charge in [0.2, 0.25) is 0 Å². The SMILES string of the molecule is CCc1ccc(C(=O)Nc2cnc(C)c(N3C/C(=C4/CN=CC(N5CCN(CC)CC5)C4)N=N3)c2)o1. The highest BCUT2D eigenvalue weighted by molar-refractivity contribution is 6.02. The molecule has 1 saturated heterocycles. The van der Waals surface area contributed by atoms with Crippen molar-refractivity contribution in [2.24, 2.45) is 15.3 Å². The van der Waals surface area contributed by atoms with Gasteiger partial charge in [-0.05, 0) is 43.7 Å². The first-order valence-electron chi connectivity index (χ1n) is 12.8. The van der Waals surface area contributed by atoms with E-state index in [4.69, 9.17) is 4.42 Å².